The van der Waals surface area contributed by atoms with Crippen molar-refractivity contribution in [2.45, 2.75) is 12.5 Å². The summed E-state index contributed by atoms with van der Waals surface area (Å²) in [6, 6.07) is 22.9. The molecule has 0 aromatic heterocycles. The van der Waals surface area contributed by atoms with Crippen molar-refractivity contribution in [1.29, 1.82) is 0 Å². The summed E-state index contributed by atoms with van der Waals surface area (Å²) < 4.78 is 10.8. The number of hydrazone groups is 1. The number of ether oxygens (including phenoxy) is 2. The lowest BCUT2D eigenvalue weighted by Gasteiger charge is -2.27. The molecule has 0 radical (unpaired) electrons. The molecule has 0 heterocycles. The molecule has 1 amide bonds. The number of amides is 1. The van der Waals surface area contributed by atoms with Gasteiger partial charge in [0.25, 0.3) is 5.91 Å². The fraction of sp³-hybridized carbons (Fsp3) is 0.167. The first-order valence-electron chi connectivity index (χ1n) is 9.57. The van der Waals surface area contributed by atoms with Gasteiger partial charge in [0, 0.05) is 0 Å². The van der Waals surface area contributed by atoms with E-state index >= 15 is 0 Å². The van der Waals surface area contributed by atoms with Crippen molar-refractivity contribution >= 4 is 12.1 Å². The highest BCUT2D eigenvalue weighted by atomic mass is 16.5. The second-order valence-electron chi connectivity index (χ2n) is 6.48. The zero-order chi connectivity index (χ0) is 21.4. The average molecular weight is 404 g/mol. The molecule has 6 nitrogen and oxygen atoms in total. The molecule has 30 heavy (non-hydrogen) atoms. The normalized spacial score (nSPS) is 11.3. The molecule has 0 aliphatic heterocycles. The van der Waals surface area contributed by atoms with Gasteiger partial charge in [-0.25, -0.2) is 5.43 Å². The number of aliphatic hydroxyl groups is 1. The summed E-state index contributed by atoms with van der Waals surface area (Å²) in [5, 5.41) is 15.4. The minimum Gasteiger partial charge on any atom is -0.493 e. The van der Waals surface area contributed by atoms with E-state index in [1.54, 1.807) is 73.8 Å². The SMILES string of the molecule is CCOc1cc(/C=N\NC(=O)C(O)(c2ccccc2)c2ccccc2)ccc1OC. The summed E-state index contributed by atoms with van der Waals surface area (Å²) >= 11 is 0. The number of benzene rings is 3. The molecule has 2 N–H and O–H groups in total. The molecular weight excluding hydrogens is 380 g/mol. The Morgan fingerprint density at radius 2 is 1.60 bits per heavy atom. The number of nitrogens with zero attached hydrogens (tertiary/aromatic N) is 1. The fourth-order valence-corrected chi connectivity index (χ4v) is 3.08. The molecule has 0 bridgehead atoms. The third-order valence-electron chi connectivity index (χ3n) is 4.58. The van der Waals surface area contributed by atoms with E-state index in [0.29, 0.717) is 34.8 Å². The van der Waals surface area contributed by atoms with E-state index in [9.17, 15) is 9.90 Å². The lowest BCUT2D eigenvalue weighted by Crippen LogP contribution is -2.43. The Morgan fingerprint density at radius 3 is 2.13 bits per heavy atom. The maximum absolute atomic E-state index is 13.0. The van der Waals surface area contributed by atoms with Crippen LogP contribution >= 0.6 is 0 Å². The van der Waals surface area contributed by atoms with Crippen molar-refractivity contribution in [3.8, 4) is 11.5 Å². The molecule has 0 saturated heterocycles. The number of hydrogen-bond acceptors (Lipinski definition) is 5. The molecule has 154 valence electrons. The molecule has 6 heteroatoms. The van der Waals surface area contributed by atoms with Gasteiger partial charge in [-0.05, 0) is 41.8 Å². The van der Waals surface area contributed by atoms with Crippen molar-refractivity contribution in [1.82, 2.24) is 5.43 Å². The number of carbonyl (C=O) groups excluding carboxylic acids is 1. The first-order chi connectivity index (χ1) is 14.6. The van der Waals surface area contributed by atoms with E-state index in [1.807, 2.05) is 19.1 Å². The molecule has 3 aromatic rings. The number of rotatable bonds is 8. The van der Waals surface area contributed by atoms with Crippen LogP contribution in [-0.4, -0.2) is 30.9 Å². The number of carbonyl (C=O) groups is 1. The molecule has 0 unspecified atom stereocenters. The fourth-order valence-electron chi connectivity index (χ4n) is 3.08. The van der Waals surface area contributed by atoms with Crippen LogP contribution in [-0.2, 0) is 10.4 Å². The minimum absolute atomic E-state index is 0.451. The lowest BCUT2D eigenvalue weighted by atomic mass is 9.85. The Morgan fingerprint density at radius 1 is 1.00 bits per heavy atom. The van der Waals surface area contributed by atoms with E-state index in [4.69, 9.17) is 9.47 Å². The molecule has 0 aliphatic carbocycles. The van der Waals surface area contributed by atoms with Crippen LogP contribution in [0.3, 0.4) is 0 Å². The first kappa shape index (κ1) is 21.1. The Kier molecular flexibility index (Phi) is 6.83. The molecule has 0 fully saturated rings. The monoisotopic (exact) mass is 404 g/mol. The average Bonchev–Trinajstić information content (AvgIpc) is 2.80. The topological polar surface area (TPSA) is 80.2 Å². The maximum Gasteiger partial charge on any atom is 0.281 e. The molecule has 0 atom stereocenters. The van der Waals surface area contributed by atoms with Crippen LogP contribution in [0.5, 0.6) is 11.5 Å². The largest absolute Gasteiger partial charge is 0.493 e. The van der Waals surface area contributed by atoms with Crippen LogP contribution < -0.4 is 14.9 Å². The van der Waals surface area contributed by atoms with Gasteiger partial charge in [0.15, 0.2) is 17.1 Å². The van der Waals surface area contributed by atoms with Crippen LogP contribution in [0, 0.1) is 0 Å². The minimum atomic E-state index is -1.88. The highest BCUT2D eigenvalue weighted by Crippen LogP contribution is 2.30. The molecule has 3 aromatic carbocycles. The van der Waals surface area contributed by atoms with E-state index in [-0.39, 0.29) is 0 Å². The third kappa shape index (κ3) is 4.50. The van der Waals surface area contributed by atoms with E-state index < -0.39 is 11.5 Å². The summed E-state index contributed by atoms with van der Waals surface area (Å²) in [6.45, 7) is 2.38. The van der Waals surface area contributed by atoms with Crippen molar-refractivity contribution in [2.75, 3.05) is 13.7 Å². The summed E-state index contributed by atoms with van der Waals surface area (Å²) in [4.78, 5) is 13.0. The summed E-state index contributed by atoms with van der Waals surface area (Å²) in [7, 11) is 1.57. The van der Waals surface area contributed by atoms with Gasteiger partial charge in [-0.2, -0.15) is 5.10 Å². The van der Waals surface area contributed by atoms with Gasteiger partial charge in [-0.3, -0.25) is 4.79 Å². The first-order valence-corrected chi connectivity index (χ1v) is 9.57. The van der Waals surface area contributed by atoms with Crippen LogP contribution in [0.1, 0.15) is 23.6 Å². The molecule has 0 saturated carbocycles. The zero-order valence-corrected chi connectivity index (χ0v) is 16.9. The van der Waals surface area contributed by atoms with Crippen LogP contribution in [0.4, 0.5) is 0 Å². The second kappa shape index (κ2) is 9.71. The van der Waals surface area contributed by atoms with Crippen molar-refractivity contribution in [3.63, 3.8) is 0 Å². The predicted octanol–water partition coefficient (Wildman–Crippen LogP) is 3.48. The molecule has 0 spiro atoms. The van der Waals surface area contributed by atoms with Crippen molar-refractivity contribution in [3.05, 3.63) is 95.6 Å². The van der Waals surface area contributed by atoms with Crippen LogP contribution in [0.15, 0.2) is 84.0 Å². The molecule has 3 rings (SSSR count). The zero-order valence-electron chi connectivity index (χ0n) is 16.9. The lowest BCUT2D eigenvalue weighted by molar-refractivity contribution is -0.136. The summed E-state index contributed by atoms with van der Waals surface area (Å²) in [5.74, 6) is 0.538. The van der Waals surface area contributed by atoms with Crippen LogP contribution in [0.25, 0.3) is 0 Å². The van der Waals surface area contributed by atoms with E-state index in [1.165, 1.54) is 6.21 Å². The van der Waals surface area contributed by atoms with Gasteiger partial charge >= 0.3 is 0 Å². The van der Waals surface area contributed by atoms with Crippen molar-refractivity contribution < 1.29 is 19.4 Å². The standard InChI is InChI=1S/C24H24N2O4/c1-3-30-22-16-18(14-15-21(22)29-2)17-25-26-23(27)24(28,19-10-6-4-7-11-19)20-12-8-5-9-13-20/h4-17,28H,3H2,1-2H3,(H,26,27)/b25-17-. The quantitative estimate of drug-likeness (QED) is 0.445. The Bertz CT molecular complexity index is 965. The number of hydrogen-bond donors (Lipinski definition) is 2. The van der Waals surface area contributed by atoms with Gasteiger partial charge in [-0.15, -0.1) is 0 Å². The van der Waals surface area contributed by atoms with Gasteiger partial charge in [-0.1, -0.05) is 60.7 Å². The number of nitrogens with one attached hydrogen (secondary N) is 1. The van der Waals surface area contributed by atoms with Crippen molar-refractivity contribution in [2.24, 2.45) is 5.10 Å². The van der Waals surface area contributed by atoms with Gasteiger partial charge < -0.3 is 14.6 Å². The van der Waals surface area contributed by atoms with Gasteiger partial charge in [0.2, 0.25) is 0 Å². The predicted molar refractivity (Wildman–Crippen MR) is 116 cm³/mol. The van der Waals surface area contributed by atoms with E-state index in [0.717, 1.165) is 0 Å². The molecular formula is C24H24N2O4. The van der Waals surface area contributed by atoms with Crippen LogP contribution in [0.2, 0.25) is 0 Å². The van der Waals surface area contributed by atoms with Gasteiger partial charge in [0.05, 0.1) is 19.9 Å². The maximum atomic E-state index is 13.0. The third-order valence-corrected chi connectivity index (χ3v) is 4.58. The molecule has 0 aliphatic rings. The Hall–Kier alpha value is -3.64. The van der Waals surface area contributed by atoms with E-state index in [2.05, 4.69) is 10.5 Å². The number of methoxy groups -OCH3 is 1. The second-order valence-corrected chi connectivity index (χ2v) is 6.48. The summed E-state index contributed by atoms with van der Waals surface area (Å²) in [6.07, 6.45) is 1.48. The highest BCUT2D eigenvalue weighted by molar-refractivity contribution is 5.91. The van der Waals surface area contributed by atoms with Gasteiger partial charge in [0.1, 0.15) is 0 Å². The summed E-state index contributed by atoms with van der Waals surface area (Å²) in [5.41, 5.74) is 2.19. The Balaban J connectivity index is 1.85. The highest BCUT2D eigenvalue weighted by Gasteiger charge is 2.39. The smallest absolute Gasteiger partial charge is 0.281 e. The Labute approximate surface area is 175 Å².